The van der Waals surface area contributed by atoms with E-state index in [9.17, 15) is 0 Å². The van der Waals surface area contributed by atoms with Gasteiger partial charge in [-0.05, 0) is 44.6 Å². The van der Waals surface area contributed by atoms with Crippen LogP contribution in [0.3, 0.4) is 0 Å². The van der Waals surface area contributed by atoms with Crippen molar-refractivity contribution in [3.63, 3.8) is 0 Å². The van der Waals surface area contributed by atoms with E-state index in [0.29, 0.717) is 0 Å². The van der Waals surface area contributed by atoms with E-state index in [1.54, 1.807) is 0 Å². The molecule has 12 heavy (non-hydrogen) atoms. The Kier molecular flexibility index (Phi) is 2.69. The van der Waals surface area contributed by atoms with E-state index in [0.717, 1.165) is 18.4 Å². The Labute approximate surface area is 76.1 Å². The number of nitrogens with zero attached hydrogens (tertiary/aromatic N) is 1. The third kappa shape index (κ3) is 2.01. The van der Waals surface area contributed by atoms with Crippen molar-refractivity contribution in [2.45, 2.75) is 44.6 Å². The van der Waals surface area contributed by atoms with Crippen LogP contribution in [-0.4, -0.2) is 24.0 Å². The van der Waals surface area contributed by atoms with Gasteiger partial charge in [0.05, 0.1) is 0 Å². The largest absolute Gasteiger partial charge is 0.300 e. The average molecular weight is 166 g/mol. The van der Waals surface area contributed by atoms with Crippen LogP contribution in [0.4, 0.5) is 0 Å². The SMILES string of the molecule is [CH2]CC1CCCCN1CC1CC1. The first-order chi connectivity index (χ1) is 5.90. The molecule has 2 fully saturated rings. The first kappa shape index (κ1) is 8.55. The minimum atomic E-state index is 0.819. The van der Waals surface area contributed by atoms with E-state index in [2.05, 4.69) is 11.8 Å². The molecule has 1 heterocycles. The zero-order chi connectivity index (χ0) is 8.39. The van der Waals surface area contributed by atoms with Gasteiger partial charge in [-0.25, -0.2) is 0 Å². The van der Waals surface area contributed by atoms with Gasteiger partial charge in [0.2, 0.25) is 0 Å². The van der Waals surface area contributed by atoms with Crippen molar-refractivity contribution in [2.75, 3.05) is 13.1 Å². The van der Waals surface area contributed by atoms with Gasteiger partial charge in [0.25, 0.3) is 0 Å². The third-order valence-corrected chi connectivity index (χ3v) is 3.27. The highest BCUT2D eigenvalue weighted by Crippen LogP contribution is 2.32. The molecular weight excluding hydrogens is 146 g/mol. The van der Waals surface area contributed by atoms with E-state index in [1.165, 1.54) is 45.2 Å². The molecule has 1 nitrogen and oxygen atoms in total. The maximum Gasteiger partial charge on any atom is 0.00953 e. The van der Waals surface area contributed by atoms with Gasteiger partial charge in [0, 0.05) is 12.6 Å². The standard InChI is InChI=1S/C11H20N/c1-2-11-5-3-4-8-12(11)9-10-6-7-10/h10-11H,1-9H2. The molecule has 2 rings (SSSR count). The summed E-state index contributed by atoms with van der Waals surface area (Å²) in [6, 6.07) is 0.819. The van der Waals surface area contributed by atoms with Crippen LogP contribution in [-0.2, 0) is 0 Å². The molecule has 1 heteroatoms. The number of likely N-dealkylation sites (tertiary alicyclic amines) is 1. The molecule has 0 amide bonds. The smallest absolute Gasteiger partial charge is 0.00953 e. The van der Waals surface area contributed by atoms with Crippen molar-refractivity contribution in [3.05, 3.63) is 6.92 Å². The van der Waals surface area contributed by atoms with Crippen LogP contribution in [0.1, 0.15) is 38.5 Å². The van der Waals surface area contributed by atoms with Gasteiger partial charge in [0.1, 0.15) is 0 Å². The minimum Gasteiger partial charge on any atom is -0.300 e. The summed E-state index contributed by atoms with van der Waals surface area (Å²) >= 11 is 0. The van der Waals surface area contributed by atoms with Crippen LogP contribution < -0.4 is 0 Å². The molecule has 0 aromatic heterocycles. The zero-order valence-electron chi connectivity index (χ0n) is 7.97. The molecule has 69 valence electrons. The topological polar surface area (TPSA) is 3.24 Å². The van der Waals surface area contributed by atoms with Gasteiger partial charge in [-0.3, -0.25) is 0 Å². The first-order valence-electron chi connectivity index (χ1n) is 5.43. The van der Waals surface area contributed by atoms with Gasteiger partial charge >= 0.3 is 0 Å². The monoisotopic (exact) mass is 166 g/mol. The Hall–Kier alpha value is -0.0400. The van der Waals surface area contributed by atoms with Crippen molar-refractivity contribution in [1.82, 2.24) is 4.90 Å². The fourth-order valence-corrected chi connectivity index (χ4v) is 2.26. The molecule has 0 N–H and O–H groups in total. The second kappa shape index (κ2) is 3.78. The minimum absolute atomic E-state index is 0.819. The Bertz CT molecular complexity index is 140. The van der Waals surface area contributed by atoms with Crippen LogP contribution in [0.2, 0.25) is 0 Å². The number of hydrogen-bond donors (Lipinski definition) is 0. The van der Waals surface area contributed by atoms with Crippen molar-refractivity contribution < 1.29 is 0 Å². The molecule has 0 bridgehead atoms. The highest BCUT2D eigenvalue weighted by atomic mass is 15.2. The summed E-state index contributed by atoms with van der Waals surface area (Å²) in [5, 5.41) is 0. The summed E-state index contributed by atoms with van der Waals surface area (Å²) in [5.41, 5.74) is 0. The highest BCUT2D eigenvalue weighted by molar-refractivity contribution is 4.83. The summed E-state index contributed by atoms with van der Waals surface area (Å²) in [4.78, 5) is 2.69. The molecule has 1 atom stereocenters. The second-order valence-corrected chi connectivity index (χ2v) is 4.38. The predicted octanol–water partition coefficient (Wildman–Crippen LogP) is 2.48. The van der Waals surface area contributed by atoms with Crippen molar-refractivity contribution in [3.8, 4) is 0 Å². The quantitative estimate of drug-likeness (QED) is 0.622. The maximum atomic E-state index is 4.05. The van der Waals surface area contributed by atoms with Crippen LogP contribution >= 0.6 is 0 Å². The molecule has 1 unspecified atom stereocenters. The van der Waals surface area contributed by atoms with Crippen molar-refractivity contribution >= 4 is 0 Å². The Morgan fingerprint density at radius 1 is 1.17 bits per heavy atom. The molecule has 0 aromatic rings. The molecule has 1 aliphatic carbocycles. The molecule has 0 spiro atoms. The van der Waals surface area contributed by atoms with Crippen molar-refractivity contribution in [1.29, 1.82) is 0 Å². The predicted molar refractivity (Wildman–Crippen MR) is 51.9 cm³/mol. The Balaban J connectivity index is 1.81. The lowest BCUT2D eigenvalue weighted by atomic mass is 10.00. The van der Waals surface area contributed by atoms with Gasteiger partial charge in [0.15, 0.2) is 0 Å². The van der Waals surface area contributed by atoms with Gasteiger partial charge in [-0.1, -0.05) is 13.3 Å². The fourth-order valence-electron chi connectivity index (χ4n) is 2.26. The van der Waals surface area contributed by atoms with Crippen LogP contribution in [0, 0.1) is 12.8 Å². The number of rotatable bonds is 3. The Morgan fingerprint density at radius 3 is 2.67 bits per heavy atom. The summed E-state index contributed by atoms with van der Waals surface area (Å²) in [7, 11) is 0. The van der Waals surface area contributed by atoms with E-state index in [-0.39, 0.29) is 0 Å². The lowest BCUT2D eigenvalue weighted by Crippen LogP contribution is -2.40. The van der Waals surface area contributed by atoms with Crippen LogP contribution in [0.25, 0.3) is 0 Å². The average Bonchev–Trinajstić information content (AvgIpc) is 2.89. The highest BCUT2D eigenvalue weighted by Gasteiger charge is 2.28. The zero-order valence-corrected chi connectivity index (χ0v) is 7.97. The summed E-state index contributed by atoms with van der Waals surface area (Å²) < 4.78 is 0. The summed E-state index contributed by atoms with van der Waals surface area (Å²) in [5.74, 6) is 1.05. The van der Waals surface area contributed by atoms with Gasteiger partial charge in [-0.15, -0.1) is 0 Å². The second-order valence-electron chi connectivity index (χ2n) is 4.38. The normalized spacial score (nSPS) is 32.2. The molecular formula is C11H20N. The third-order valence-electron chi connectivity index (χ3n) is 3.27. The molecule has 2 aliphatic rings. The van der Waals surface area contributed by atoms with E-state index >= 15 is 0 Å². The summed E-state index contributed by atoms with van der Waals surface area (Å²) in [6.45, 7) is 6.76. The van der Waals surface area contributed by atoms with Crippen LogP contribution in [0.15, 0.2) is 0 Å². The molecule has 1 aliphatic heterocycles. The Morgan fingerprint density at radius 2 is 2.00 bits per heavy atom. The number of piperidine rings is 1. The molecule has 1 saturated heterocycles. The molecule has 1 radical (unpaired) electrons. The summed E-state index contributed by atoms with van der Waals surface area (Å²) in [6.07, 6.45) is 8.34. The molecule has 1 saturated carbocycles. The van der Waals surface area contributed by atoms with Gasteiger partial charge in [-0.2, -0.15) is 0 Å². The maximum absolute atomic E-state index is 4.05. The van der Waals surface area contributed by atoms with Crippen LogP contribution in [0.5, 0.6) is 0 Å². The van der Waals surface area contributed by atoms with Gasteiger partial charge < -0.3 is 4.90 Å². The van der Waals surface area contributed by atoms with E-state index in [4.69, 9.17) is 0 Å². The van der Waals surface area contributed by atoms with Crippen molar-refractivity contribution in [2.24, 2.45) is 5.92 Å². The lowest BCUT2D eigenvalue weighted by molar-refractivity contribution is 0.142. The first-order valence-corrected chi connectivity index (χ1v) is 5.43. The van der Waals surface area contributed by atoms with E-state index in [1.807, 2.05) is 0 Å². The number of hydrogen-bond acceptors (Lipinski definition) is 1. The van der Waals surface area contributed by atoms with E-state index < -0.39 is 0 Å². The lowest BCUT2D eigenvalue weighted by Gasteiger charge is -2.35. The molecule has 0 aromatic carbocycles. The fraction of sp³-hybridized carbons (Fsp3) is 0.909.